The molecule has 6 heteroatoms. The van der Waals surface area contributed by atoms with Crippen molar-refractivity contribution >= 4 is 11.6 Å². The van der Waals surface area contributed by atoms with Crippen molar-refractivity contribution in [1.82, 2.24) is 14.8 Å². The lowest BCUT2D eigenvalue weighted by molar-refractivity contribution is 0.312. The van der Waals surface area contributed by atoms with Crippen LogP contribution >= 0.6 is 11.6 Å². The highest BCUT2D eigenvalue weighted by Crippen LogP contribution is 2.29. The van der Waals surface area contributed by atoms with Gasteiger partial charge in [-0.15, -0.1) is 0 Å². The molecular formula is C13H17ClN4O. The van der Waals surface area contributed by atoms with Crippen LogP contribution in [0.25, 0.3) is 5.69 Å². The third-order valence-electron chi connectivity index (χ3n) is 2.98. The van der Waals surface area contributed by atoms with E-state index in [-0.39, 0.29) is 17.1 Å². The van der Waals surface area contributed by atoms with Gasteiger partial charge in [-0.05, 0) is 23.6 Å². The maximum Gasteiger partial charge on any atom is 0.347 e. The van der Waals surface area contributed by atoms with E-state index in [9.17, 15) is 4.79 Å². The molecule has 3 N–H and O–H groups in total. The molecule has 0 saturated heterocycles. The Bertz CT molecular complexity index is 639. The molecule has 0 fully saturated rings. The molecule has 102 valence electrons. The van der Waals surface area contributed by atoms with Crippen molar-refractivity contribution in [2.24, 2.45) is 11.1 Å². The Labute approximate surface area is 116 Å². The molecule has 0 aliphatic rings. The molecule has 1 heterocycles. The SMILES string of the molecule is CC(C)(C)[C@H](N)c1n[nH]c(=O)n1-c1cccc(Cl)c1. The van der Waals surface area contributed by atoms with Crippen molar-refractivity contribution in [2.75, 3.05) is 0 Å². The molecule has 2 rings (SSSR count). The molecule has 1 aromatic heterocycles. The monoisotopic (exact) mass is 280 g/mol. The lowest BCUT2D eigenvalue weighted by atomic mass is 9.87. The third-order valence-corrected chi connectivity index (χ3v) is 3.21. The summed E-state index contributed by atoms with van der Waals surface area (Å²) >= 11 is 5.96. The van der Waals surface area contributed by atoms with Crippen LogP contribution in [0.1, 0.15) is 32.6 Å². The number of nitrogens with zero attached hydrogens (tertiary/aromatic N) is 2. The van der Waals surface area contributed by atoms with Gasteiger partial charge in [0, 0.05) is 5.02 Å². The van der Waals surface area contributed by atoms with Crippen molar-refractivity contribution < 1.29 is 0 Å². The van der Waals surface area contributed by atoms with Crippen LogP contribution in [0, 0.1) is 5.41 Å². The Balaban J connectivity index is 2.59. The average Bonchev–Trinajstić information content (AvgIpc) is 2.68. The van der Waals surface area contributed by atoms with Crippen LogP contribution in [0.5, 0.6) is 0 Å². The lowest BCUT2D eigenvalue weighted by Gasteiger charge is -2.26. The first-order valence-corrected chi connectivity index (χ1v) is 6.37. The second-order valence-electron chi connectivity index (χ2n) is 5.55. The average molecular weight is 281 g/mol. The minimum Gasteiger partial charge on any atom is -0.321 e. The summed E-state index contributed by atoms with van der Waals surface area (Å²) in [6.07, 6.45) is 0. The number of halogens is 1. The number of aromatic nitrogens is 3. The maximum atomic E-state index is 11.9. The van der Waals surface area contributed by atoms with Crippen molar-refractivity contribution in [1.29, 1.82) is 0 Å². The minimum absolute atomic E-state index is 0.206. The number of hydrogen-bond donors (Lipinski definition) is 2. The molecule has 1 aromatic carbocycles. The van der Waals surface area contributed by atoms with Crippen molar-refractivity contribution in [3.05, 3.63) is 45.6 Å². The first kappa shape index (κ1) is 13.8. The highest BCUT2D eigenvalue weighted by atomic mass is 35.5. The van der Waals surface area contributed by atoms with Gasteiger partial charge in [-0.3, -0.25) is 0 Å². The number of nitrogens with one attached hydrogen (secondary N) is 1. The summed E-state index contributed by atoms with van der Waals surface area (Å²) in [6, 6.07) is 6.66. The summed E-state index contributed by atoms with van der Waals surface area (Å²) in [7, 11) is 0. The zero-order valence-electron chi connectivity index (χ0n) is 11.1. The van der Waals surface area contributed by atoms with Crippen LogP contribution in [-0.4, -0.2) is 14.8 Å². The van der Waals surface area contributed by atoms with E-state index < -0.39 is 0 Å². The largest absolute Gasteiger partial charge is 0.347 e. The molecule has 0 radical (unpaired) electrons. The molecule has 0 bridgehead atoms. The van der Waals surface area contributed by atoms with Gasteiger partial charge < -0.3 is 5.73 Å². The molecule has 0 aliphatic carbocycles. The van der Waals surface area contributed by atoms with E-state index >= 15 is 0 Å². The van der Waals surface area contributed by atoms with E-state index in [0.717, 1.165) is 0 Å². The van der Waals surface area contributed by atoms with Crippen LogP contribution in [0.15, 0.2) is 29.1 Å². The Morgan fingerprint density at radius 3 is 2.68 bits per heavy atom. The van der Waals surface area contributed by atoms with Crippen LogP contribution in [-0.2, 0) is 0 Å². The molecule has 0 spiro atoms. The second kappa shape index (κ2) is 4.83. The highest BCUT2D eigenvalue weighted by Gasteiger charge is 2.28. The molecule has 0 saturated carbocycles. The Kier molecular flexibility index (Phi) is 3.52. The fraction of sp³-hybridized carbons (Fsp3) is 0.385. The molecule has 2 aromatic rings. The standard InChI is InChI=1S/C13H17ClN4O/c1-13(2,3)10(15)11-16-17-12(19)18(11)9-6-4-5-8(14)7-9/h4-7,10H,15H2,1-3H3,(H,17,19)/t10-/m1/s1. The van der Waals surface area contributed by atoms with Gasteiger partial charge in [0.1, 0.15) is 0 Å². The lowest BCUT2D eigenvalue weighted by Crippen LogP contribution is -2.30. The highest BCUT2D eigenvalue weighted by molar-refractivity contribution is 6.30. The van der Waals surface area contributed by atoms with Crippen LogP contribution in [0.2, 0.25) is 5.02 Å². The maximum absolute atomic E-state index is 11.9. The molecule has 1 atom stereocenters. The van der Waals surface area contributed by atoms with Crippen molar-refractivity contribution in [2.45, 2.75) is 26.8 Å². The molecule has 0 aliphatic heterocycles. The molecule has 19 heavy (non-hydrogen) atoms. The van der Waals surface area contributed by atoms with Crippen molar-refractivity contribution in [3.63, 3.8) is 0 Å². The van der Waals surface area contributed by atoms with Gasteiger partial charge in [0.15, 0.2) is 5.82 Å². The predicted octanol–water partition coefficient (Wildman–Crippen LogP) is 2.26. The smallest absolute Gasteiger partial charge is 0.321 e. The fourth-order valence-corrected chi connectivity index (χ4v) is 1.95. The van der Waals surface area contributed by atoms with Gasteiger partial charge in [-0.1, -0.05) is 38.4 Å². The topological polar surface area (TPSA) is 76.7 Å². The Morgan fingerprint density at radius 2 is 2.11 bits per heavy atom. The van der Waals surface area contributed by atoms with Gasteiger partial charge in [0.25, 0.3) is 0 Å². The zero-order chi connectivity index (χ0) is 14.2. The van der Waals surface area contributed by atoms with Crippen molar-refractivity contribution in [3.8, 4) is 5.69 Å². The van der Waals surface area contributed by atoms with E-state index in [2.05, 4.69) is 10.2 Å². The van der Waals surface area contributed by atoms with Gasteiger partial charge in [-0.25, -0.2) is 14.5 Å². The predicted molar refractivity (Wildman–Crippen MR) is 75.6 cm³/mol. The summed E-state index contributed by atoms with van der Waals surface area (Å²) < 4.78 is 1.46. The van der Waals surface area contributed by atoms with Crippen LogP contribution in [0.4, 0.5) is 0 Å². The Morgan fingerprint density at radius 1 is 1.42 bits per heavy atom. The normalized spacial score (nSPS) is 13.5. The molecule has 0 amide bonds. The first-order valence-electron chi connectivity index (χ1n) is 5.99. The van der Waals surface area contributed by atoms with Crippen LogP contribution in [0.3, 0.4) is 0 Å². The quantitative estimate of drug-likeness (QED) is 0.886. The van der Waals surface area contributed by atoms with E-state index in [1.54, 1.807) is 24.3 Å². The number of H-pyrrole nitrogens is 1. The summed E-state index contributed by atoms with van der Waals surface area (Å²) in [5, 5.41) is 7.04. The van der Waals surface area contributed by atoms with E-state index in [0.29, 0.717) is 16.5 Å². The van der Waals surface area contributed by atoms with Gasteiger partial charge in [-0.2, -0.15) is 5.10 Å². The van der Waals surface area contributed by atoms with E-state index in [1.807, 2.05) is 20.8 Å². The summed E-state index contributed by atoms with van der Waals surface area (Å²) in [4.78, 5) is 11.9. The summed E-state index contributed by atoms with van der Waals surface area (Å²) in [5.41, 5.74) is 6.31. The summed E-state index contributed by atoms with van der Waals surface area (Å²) in [5.74, 6) is 0.500. The fourth-order valence-electron chi connectivity index (χ4n) is 1.77. The zero-order valence-corrected chi connectivity index (χ0v) is 11.9. The van der Waals surface area contributed by atoms with Gasteiger partial charge >= 0.3 is 5.69 Å². The number of aromatic amines is 1. The van der Waals surface area contributed by atoms with E-state index in [1.165, 1.54) is 4.57 Å². The third kappa shape index (κ3) is 2.72. The number of benzene rings is 1. The molecule has 0 unspecified atom stereocenters. The minimum atomic E-state index is -0.370. The molecule has 5 nitrogen and oxygen atoms in total. The van der Waals surface area contributed by atoms with Gasteiger partial charge in [0.2, 0.25) is 0 Å². The van der Waals surface area contributed by atoms with E-state index in [4.69, 9.17) is 17.3 Å². The number of nitrogens with two attached hydrogens (primary N) is 1. The van der Waals surface area contributed by atoms with Crippen LogP contribution < -0.4 is 11.4 Å². The number of hydrogen-bond acceptors (Lipinski definition) is 3. The Hall–Kier alpha value is -1.59. The molecular weight excluding hydrogens is 264 g/mol. The second-order valence-corrected chi connectivity index (χ2v) is 5.98. The first-order chi connectivity index (χ1) is 8.80. The van der Waals surface area contributed by atoms with Gasteiger partial charge in [0.05, 0.1) is 11.7 Å². The summed E-state index contributed by atoms with van der Waals surface area (Å²) in [6.45, 7) is 6.00. The number of rotatable bonds is 2.